The Labute approximate surface area is 141 Å². The van der Waals surface area contributed by atoms with Gasteiger partial charge in [0.1, 0.15) is 17.0 Å². The molecule has 1 N–H and O–H groups in total. The Morgan fingerprint density at radius 2 is 2.25 bits per heavy atom. The maximum absolute atomic E-state index is 12.8. The first-order chi connectivity index (χ1) is 11.4. The van der Waals surface area contributed by atoms with Crippen molar-refractivity contribution in [1.29, 1.82) is 0 Å². The van der Waals surface area contributed by atoms with E-state index >= 15 is 0 Å². The minimum atomic E-state index is -1.15. The molecule has 1 aliphatic heterocycles. The van der Waals surface area contributed by atoms with E-state index in [1.807, 2.05) is 32.9 Å². The molecule has 1 unspecified atom stereocenters. The van der Waals surface area contributed by atoms with Gasteiger partial charge in [-0.05, 0) is 31.9 Å². The van der Waals surface area contributed by atoms with Gasteiger partial charge in [-0.2, -0.15) is 0 Å². The predicted octanol–water partition coefficient (Wildman–Crippen LogP) is 1.55. The predicted molar refractivity (Wildman–Crippen MR) is 88.4 cm³/mol. The molecule has 3 rings (SSSR count). The van der Waals surface area contributed by atoms with Gasteiger partial charge in [0.2, 0.25) is 0 Å². The molecule has 0 radical (unpaired) electrons. The van der Waals surface area contributed by atoms with E-state index in [0.717, 1.165) is 12.0 Å². The van der Waals surface area contributed by atoms with Crippen molar-refractivity contribution in [2.24, 2.45) is 0 Å². The lowest BCUT2D eigenvalue weighted by Crippen LogP contribution is -2.35. The minimum absolute atomic E-state index is 0.139. The van der Waals surface area contributed by atoms with E-state index < -0.39 is 5.60 Å². The number of carbonyl (C=O) groups excluding carboxylic acids is 1. The summed E-state index contributed by atoms with van der Waals surface area (Å²) in [6, 6.07) is 3.92. The lowest BCUT2D eigenvalue weighted by atomic mass is 10.00. The SMILES string of the molecule is CCc1cccnc1C(=O)N1CCC(O)(c2cn(C(C)C)nn2)C1. The van der Waals surface area contributed by atoms with Crippen LogP contribution in [0.25, 0.3) is 0 Å². The van der Waals surface area contributed by atoms with Crippen LogP contribution in [0.1, 0.15) is 55.0 Å². The normalized spacial score (nSPS) is 20.8. The minimum Gasteiger partial charge on any atom is -0.381 e. The Morgan fingerprint density at radius 1 is 1.46 bits per heavy atom. The van der Waals surface area contributed by atoms with Crippen molar-refractivity contribution < 1.29 is 9.90 Å². The van der Waals surface area contributed by atoms with Crippen LogP contribution in [0.5, 0.6) is 0 Å². The molecule has 1 saturated heterocycles. The number of hydrogen-bond acceptors (Lipinski definition) is 5. The number of nitrogens with zero attached hydrogens (tertiary/aromatic N) is 5. The first-order valence-corrected chi connectivity index (χ1v) is 8.32. The topological polar surface area (TPSA) is 84.1 Å². The van der Waals surface area contributed by atoms with Crippen molar-refractivity contribution in [1.82, 2.24) is 24.9 Å². The van der Waals surface area contributed by atoms with Gasteiger partial charge in [-0.3, -0.25) is 9.78 Å². The average Bonchev–Trinajstić information content (AvgIpc) is 3.22. The van der Waals surface area contributed by atoms with Crippen LogP contribution in [0.3, 0.4) is 0 Å². The molecule has 7 heteroatoms. The van der Waals surface area contributed by atoms with E-state index in [9.17, 15) is 9.90 Å². The second-order valence-electron chi connectivity index (χ2n) is 6.55. The number of pyridine rings is 1. The summed E-state index contributed by atoms with van der Waals surface area (Å²) >= 11 is 0. The summed E-state index contributed by atoms with van der Waals surface area (Å²) in [4.78, 5) is 18.7. The van der Waals surface area contributed by atoms with E-state index in [0.29, 0.717) is 24.4 Å². The van der Waals surface area contributed by atoms with Crippen molar-refractivity contribution in [2.75, 3.05) is 13.1 Å². The van der Waals surface area contributed by atoms with E-state index in [-0.39, 0.29) is 18.5 Å². The molecule has 2 aromatic rings. The number of aliphatic hydroxyl groups is 1. The fourth-order valence-corrected chi connectivity index (χ4v) is 2.98. The van der Waals surface area contributed by atoms with Gasteiger partial charge >= 0.3 is 0 Å². The maximum atomic E-state index is 12.8. The van der Waals surface area contributed by atoms with Gasteiger partial charge in [-0.25, -0.2) is 4.68 Å². The van der Waals surface area contributed by atoms with Crippen molar-refractivity contribution >= 4 is 5.91 Å². The van der Waals surface area contributed by atoms with Crippen molar-refractivity contribution in [2.45, 2.75) is 45.3 Å². The number of aryl methyl sites for hydroxylation is 1. The van der Waals surface area contributed by atoms with Gasteiger partial charge < -0.3 is 10.0 Å². The zero-order valence-electron chi connectivity index (χ0n) is 14.3. The number of rotatable bonds is 4. The largest absolute Gasteiger partial charge is 0.381 e. The van der Waals surface area contributed by atoms with Crippen LogP contribution in [0.15, 0.2) is 24.5 Å². The Morgan fingerprint density at radius 3 is 2.92 bits per heavy atom. The summed E-state index contributed by atoms with van der Waals surface area (Å²) in [5.74, 6) is -0.139. The highest BCUT2D eigenvalue weighted by molar-refractivity contribution is 5.94. The van der Waals surface area contributed by atoms with Crippen molar-refractivity contribution in [3.8, 4) is 0 Å². The van der Waals surface area contributed by atoms with Crippen LogP contribution < -0.4 is 0 Å². The number of carbonyl (C=O) groups is 1. The van der Waals surface area contributed by atoms with Crippen LogP contribution in [0, 0.1) is 0 Å². The zero-order valence-corrected chi connectivity index (χ0v) is 14.3. The standard InChI is InChI=1S/C17H23N5O2/c1-4-13-6-5-8-18-15(13)16(23)21-9-7-17(24,11-21)14-10-22(12(2)3)20-19-14/h5-6,8,10,12,24H,4,7,9,11H2,1-3H3. The summed E-state index contributed by atoms with van der Waals surface area (Å²) in [7, 11) is 0. The molecule has 0 spiro atoms. The average molecular weight is 329 g/mol. The Kier molecular flexibility index (Phi) is 4.36. The summed E-state index contributed by atoms with van der Waals surface area (Å²) in [5.41, 5.74) is 0.756. The molecule has 0 saturated carbocycles. The second kappa shape index (κ2) is 6.32. The molecule has 0 bridgehead atoms. The maximum Gasteiger partial charge on any atom is 0.272 e. The molecule has 1 fully saturated rings. The van der Waals surface area contributed by atoms with Gasteiger partial charge in [-0.1, -0.05) is 18.2 Å². The van der Waals surface area contributed by atoms with Crippen LogP contribution in [0.2, 0.25) is 0 Å². The Balaban J connectivity index is 1.80. The molecule has 1 aliphatic rings. The zero-order chi connectivity index (χ0) is 17.3. The molecule has 1 amide bonds. The highest BCUT2D eigenvalue weighted by Gasteiger charge is 2.42. The number of hydrogen-bond donors (Lipinski definition) is 1. The molecule has 24 heavy (non-hydrogen) atoms. The Hall–Kier alpha value is -2.28. The summed E-state index contributed by atoms with van der Waals surface area (Å²) < 4.78 is 1.71. The molecule has 7 nitrogen and oxygen atoms in total. The lowest BCUT2D eigenvalue weighted by molar-refractivity contribution is 0.0379. The third-order valence-corrected chi connectivity index (χ3v) is 4.53. The Bertz CT molecular complexity index is 742. The molecule has 3 heterocycles. The van der Waals surface area contributed by atoms with E-state index in [1.165, 1.54) is 0 Å². The number of aromatic nitrogens is 4. The summed E-state index contributed by atoms with van der Waals surface area (Å²) in [6.07, 6.45) is 4.58. The van der Waals surface area contributed by atoms with Crippen LogP contribution in [-0.2, 0) is 12.0 Å². The highest BCUT2D eigenvalue weighted by atomic mass is 16.3. The number of likely N-dealkylation sites (tertiary alicyclic amines) is 1. The molecule has 0 aromatic carbocycles. The number of amides is 1. The molecule has 0 aliphatic carbocycles. The number of β-amino-alcohol motifs (C(OH)–C–C–N with tert-alkyl or cyclic N) is 1. The molecule has 128 valence electrons. The van der Waals surface area contributed by atoms with Crippen molar-refractivity contribution in [3.05, 3.63) is 41.5 Å². The summed E-state index contributed by atoms with van der Waals surface area (Å²) in [6.45, 7) is 6.69. The van der Waals surface area contributed by atoms with Crippen LogP contribution in [-0.4, -0.2) is 49.0 Å². The van der Waals surface area contributed by atoms with Gasteiger partial charge in [-0.15, -0.1) is 5.10 Å². The highest BCUT2D eigenvalue weighted by Crippen LogP contribution is 2.31. The van der Waals surface area contributed by atoms with Crippen LogP contribution >= 0.6 is 0 Å². The first kappa shape index (κ1) is 16.6. The van der Waals surface area contributed by atoms with E-state index in [1.54, 1.807) is 22.0 Å². The third-order valence-electron chi connectivity index (χ3n) is 4.53. The van der Waals surface area contributed by atoms with E-state index in [4.69, 9.17) is 0 Å². The van der Waals surface area contributed by atoms with Crippen LogP contribution in [0.4, 0.5) is 0 Å². The molecular formula is C17H23N5O2. The fraction of sp³-hybridized carbons (Fsp3) is 0.529. The fourth-order valence-electron chi connectivity index (χ4n) is 2.98. The van der Waals surface area contributed by atoms with E-state index in [2.05, 4.69) is 15.3 Å². The van der Waals surface area contributed by atoms with Crippen molar-refractivity contribution in [3.63, 3.8) is 0 Å². The molecule has 2 aromatic heterocycles. The smallest absolute Gasteiger partial charge is 0.272 e. The van der Waals surface area contributed by atoms with Gasteiger partial charge in [0.15, 0.2) is 0 Å². The monoisotopic (exact) mass is 329 g/mol. The third kappa shape index (κ3) is 2.91. The van der Waals surface area contributed by atoms with Gasteiger partial charge in [0, 0.05) is 25.2 Å². The first-order valence-electron chi connectivity index (χ1n) is 8.32. The molecule has 1 atom stereocenters. The van der Waals surface area contributed by atoms with Gasteiger partial charge in [0.05, 0.1) is 12.7 Å². The lowest BCUT2D eigenvalue weighted by Gasteiger charge is -2.21. The summed E-state index contributed by atoms with van der Waals surface area (Å²) in [5, 5.41) is 19.1. The molecular weight excluding hydrogens is 306 g/mol. The van der Waals surface area contributed by atoms with Gasteiger partial charge in [0.25, 0.3) is 5.91 Å². The quantitative estimate of drug-likeness (QED) is 0.920. The second-order valence-corrected chi connectivity index (χ2v) is 6.55.